The van der Waals surface area contributed by atoms with Crippen LogP contribution in [-0.2, 0) is 28.5 Å². The van der Waals surface area contributed by atoms with Crippen LogP contribution in [0.25, 0.3) is 0 Å². The first-order chi connectivity index (χ1) is 30.6. The Kier molecular flexibility index (Phi) is 23.6. The number of carboxylic acids is 1. The van der Waals surface area contributed by atoms with E-state index < -0.39 is 147 Å². The number of hydrogen-bond donors (Lipinski definition) is 12. The molecule has 18 nitrogen and oxygen atoms in total. The molecule has 3 heterocycles. The van der Waals surface area contributed by atoms with Crippen molar-refractivity contribution in [2.45, 2.75) is 177 Å². The number of esters is 1. The number of carboxylic acid groups (broad SMARTS) is 1. The number of allylic oxidation sites excluding steroid dienone is 12. The highest BCUT2D eigenvalue weighted by molar-refractivity contribution is 5.71. The molecule has 2 saturated heterocycles. The van der Waals surface area contributed by atoms with Crippen molar-refractivity contribution in [2.24, 2.45) is 23.5 Å². The van der Waals surface area contributed by atoms with Gasteiger partial charge in [0.05, 0.1) is 79.6 Å². The van der Waals surface area contributed by atoms with Gasteiger partial charge in [0.2, 0.25) is 0 Å². The van der Waals surface area contributed by atoms with Crippen molar-refractivity contribution in [1.29, 1.82) is 0 Å². The monoisotopic (exact) mass is 923 g/mol. The highest BCUT2D eigenvalue weighted by Crippen LogP contribution is 2.38. The lowest BCUT2D eigenvalue weighted by Gasteiger charge is -2.45. The third-order valence-corrected chi connectivity index (χ3v) is 12.0. The molecule has 3 aliphatic heterocycles. The summed E-state index contributed by atoms with van der Waals surface area (Å²) in [5, 5.41) is 118. The van der Waals surface area contributed by atoms with Crippen molar-refractivity contribution in [1.82, 2.24) is 0 Å². The highest BCUT2D eigenvalue weighted by Gasteiger charge is 2.51. The average molecular weight is 924 g/mol. The van der Waals surface area contributed by atoms with Crippen molar-refractivity contribution >= 4 is 11.9 Å². The molecule has 0 aromatic rings. The lowest BCUT2D eigenvalue weighted by atomic mass is 9.82. The normalized spacial score (nSPS) is 42.0. The molecule has 3 rings (SSSR count). The Morgan fingerprint density at radius 1 is 0.662 bits per heavy atom. The summed E-state index contributed by atoms with van der Waals surface area (Å²) in [4.78, 5) is 25.1. The second-order valence-electron chi connectivity index (χ2n) is 17.6. The number of carbonyl (C=O) groups is 2. The molecule has 0 amide bonds. The van der Waals surface area contributed by atoms with Crippen LogP contribution in [0.1, 0.15) is 79.1 Å². The number of aliphatic hydroxyl groups is 10. The van der Waals surface area contributed by atoms with Gasteiger partial charge in [0.15, 0.2) is 12.1 Å². The summed E-state index contributed by atoms with van der Waals surface area (Å²) in [6, 6.07) is -1.15. The predicted molar refractivity (Wildman–Crippen MR) is 237 cm³/mol. The zero-order valence-electron chi connectivity index (χ0n) is 37.6. The molecule has 18 heteroatoms. The molecule has 3 unspecified atom stereocenters. The molecule has 65 heavy (non-hydrogen) atoms. The Bertz CT molecular complexity index is 1670. The molecule has 2 fully saturated rings. The number of ether oxygens (including phenoxy) is 4. The second-order valence-corrected chi connectivity index (χ2v) is 17.6. The van der Waals surface area contributed by atoms with Gasteiger partial charge in [-0.15, -0.1) is 0 Å². The molecule has 19 atom stereocenters. The van der Waals surface area contributed by atoms with Gasteiger partial charge in [-0.05, 0) is 33.1 Å². The highest BCUT2D eigenvalue weighted by atomic mass is 16.7. The molecule has 0 radical (unpaired) electrons. The Labute approximate surface area is 381 Å². The number of nitrogens with two attached hydrogens (primary N) is 1. The van der Waals surface area contributed by atoms with Gasteiger partial charge in [-0.2, -0.15) is 0 Å². The van der Waals surface area contributed by atoms with E-state index in [4.69, 9.17) is 24.7 Å². The molecular weight excluding hydrogens is 851 g/mol. The van der Waals surface area contributed by atoms with Crippen molar-refractivity contribution in [3.05, 3.63) is 85.1 Å². The molecule has 13 N–H and O–H groups in total. The third-order valence-electron chi connectivity index (χ3n) is 12.0. The minimum absolute atomic E-state index is 0.107. The van der Waals surface area contributed by atoms with Crippen molar-refractivity contribution in [3.63, 3.8) is 0 Å². The topological polar surface area (TPSA) is 320 Å². The van der Waals surface area contributed by atoms with Gasteiger partial charge < -0.3 is 80.9 Å². The van der Waals surface area contributed by atoms with Crippen LogP contribution in [0.5, 0.6) is 0 Å². The molecule has 2 bridgehead atoms. The van der Waals surface area contributed by atoms with Gasteiger partial charge >= 0.3 is 11.9 Å². The third kappa shape index (κ3) is 18.6. The molecule has 0 aromatic heterocycles. The standard InChI is InChI=1S/C47H73NO17/c1-27-17-15-13-11-9-7-5-6-8-10-12-14-16-18-34(64-46-44(58)41(48)43(57)30(4)63-46)24-38-40(45(59)60)37(54)26-47(61,65-38)25-33(51)22-36(53)35(52)20-19-31(49)21-32(50)23-39(55)62-29(3)28(2)42(27)56/h5-18,27-38,40-44,46,49-54,56-58,61H,19-26,48H2,1-4H3,(H,59,60)/t27-,28-,29-,30+,31+,32+,33-,34-,35+,36+,37-,38?,40?,41-,42+,43+,44-,46?,47+/m0/s1. The minimum Gasteiger partial charge on any atom is -0.481 e. The summed E-state index contributed by atoms with van der Waals surface area (Å²) in [5.74, 6) is -6.83. The van der Waals surface area contributed by atoms with Gasteiger partial charge in [0, 0.05) is 37.5 Å². The van der Waals surface area contributed by atoms with E-state index in [0.717, 1.165) is 0 Å². The number of hydrogen-bond acceptors (Lipinski definition) is 17. The summed E-state index contributed by atoms with van der Waals surface area (Å²) >= 11 is 0. The van der Waals surface area contributed by atoms with Gasteiger partial charge in [-0.1, -0.05) is 98.9 Å². The zero-order valence-corrected chi connectivity index (χ0v) is 37.6. The number of rotatable bonds is 3. The maximum atomic E-state index is 12.6. The molecule has 0 spiro atoms. The van der Waals surface area contributed by atoms with Crippen LogP contribution in [0.15, 0.2) is 85.1 Å². The molecule has 368 valence electrons. The van der Waals surface area contributed by atoms with Crippen LogP contribution in [0.4, 0.5) is 0 Å². The van der Waals surface area contributed by atoms with E-state index in [2.05, 4.69) is 0 Å². The van der Waals surface area contributed by atoms with E-state index in [9.17, 15) is 65.8 Å². The fourth-order valence-electron chi connectivity index (χ4n) is 7.97. The van der Waals surface area contributed by atoms with E-state index in [0.29, 0.717) is 0 Å². The van der Waals surface area contributed by atoms with E-state index in [1.165, 1.54) is 13.0 Å². The Balaban J connectivity index is 1.86. The predicted octanol–water partition coefficient (Wildman–Crippen LogP) is 0.712. The number of aliphatic hydroxyl groups excluding tert-OH is 9. The second kappa shape index (κ2) is 27.4. The van der Waals surface area contributed by atoms with E-state index >= 15 is 0 Å². The van der Waals surface area contributed by atoms with Gasteiger partial charge in [0.1, 0.15) is 18.1 Å². The number of fused-ring (bicyclic) bond motifs is 2. The molecular formula is C47H73NO17. The Hall–Kier alpha value is -3.44. The van der Waals surface area contributed by atoms with Gasteiger partial charge in [-0.3, -0.25) is 9.59 Å². The van der Waals surface area contributed by atoms with Crippen LogP contribution in [-0.4, -0.2) is 166 Å². The van der Waals surface area contributed by atoms with Crippen LogP contribution in [0.2, 0.25) is 0 Å². The van der Waals surface area contributed by atoms with Crippen LogP contribution >= 0.6 is 0 Å². The minimum atomic E-state index is -2.33. The Morgan fingerprint density at radius 2 is 1.23 bits per heavy atom. The summed E-state index contributed by atoms with van der Waals surface area (Å²) < 4.78 is 23.1. The molecule has 0 aliphatic carbocycles. The lowest BCUT2D eigenvalue weighted by molar-refractivity contribution is -0.308. The maximum absolute atomic E-state index is 12.6. The van der Waals surface area contributed by atoms with Crippen molar-refractivity contribution in [2.75, 3.05) is 0 Å². The van der Waals surface area contributed by atoms with Gasteiger partial charge in [-0.25, -0.2) is 0 Å². The van der Waals surface area contributed by atoms with Gasteiger partial charge in [0.25, 0.3) is 0 Å². The maximum Gasteiger partial charge on any atom is 0.311 e. The van der Waals surface area contributed by atoms with Crippen molar-refractivity contribution in [3.8, 4) is 0 Å². The summed E-state index contributed by atoms with van der Waals surface area (Å²) in [5.41, 5.74) is 6.02. The zero-order chi connectivity index (χ0) is 48.4. The van der Waals surface area contributed by atoms with E-state index in [-0.39, 0.29) is 31.6 Å². The van der Waals surface area contributed by atoms with E-state index in [1.807, 2.05) is 19.1 Å². The molecule has 3 aliphatic rings. The quantitative estimate of drug-likeness (QED) is 0.174. The first kappa shape index (κ1) is 55.9. The first-order valence-corrected chi connectivity index (χ1v) is 22.3. The summed E-state index contributed by atoms with van der Waals surface area (Å²) in [7, 11) is 0. The van der Waals surface area contributed by atoms with Crippen LogP contribution < -0.4 is 5.73 Å². The van der Waals surface area contributed by atoms with E-state index in [1.54, 1.807) is 80.7 Å². The SMILES string of the molecule is C[C@@H]1[C@H](O)[C@@H](C)C=CC=CC=CC=CC=CC=CC=C[C@H](OC2O[C@H](C)[C@@H](O)[C@H](N)[C@@H]2O)CC2O[C@](O)(C[C@@H](O)C[C@@H](O)[C@H](O)CC[C@@H](O)C[C@@H](O)CC(=O)O[C@H]1C)C[C@H](O)C2C(=O)O. The first-order valence-electron chi connectivity index (χ1n) is 22.3. The summed E-state index contributed by atoms with van der Waals surface area (Å²) in [6.45, 7) is 6.74. The molecule has 0 saturated carbocycles. The molecule has 0 aromatic carbocycles. The number of aliphatic carboxylic acids is 1. The number of cyclic esters (lactones) is 1. The fourth-order valence-corrected chi connectivity index (χ4v) is 7.97. The lowest BCUT2D eigenvalue weighted by Crippen LogP contribution is -2.61. The smallest absolute Gasteiger partial charge is 0.311 e. The summed E-state index contributed by atoms with van der Waals surface area (Å²) in [6.07, 6.45) is 3.46. The van der Waals surface area contributed by atoms with Crippen molar-refractivity contribution < 1.29 is 84.7 Å². The fraction of sp³-hybridized carbons (Fsp3) is 0.660. The largest absolute Gasteiger partial charge is 0.481 e. The Morgan fingerprint density at radius 3 is 1.82 bits per heavy atom. The average Bonchev–Trinajstić information content (AvgIpc) is 3.21. The van der Waals surface area contributed by atoms with Crippen LogP contribution in [0, 0.1) is 17.8 Å². The number of carbonyl (C=O) groups excluding carboxylic acids is 1. The van der Waals surface area contributed by atoms with Crippen LogP contribution in [0.3, 0.4) is 0 Å².